The van der Waals surface area contributed by atoms with Gasteiger partial charge >= 0.3 is 5.97 Å². The van der Waals surface area contributed by atoms with Crippen LogP contribution >= 0.6 is 11.3 Å². The fraction of sp³-hybridized carbons (Fsp3) is 0.667. The topological polar surface area (TPSA) is 70.5 Å². The summed E-state index contributed by atoms with van der Waals surface area (Å²) in [6, 6.07) is 7.59. The van der Waals surface area contributed by atoms with E-state index in [1.165, 1.54) is 48.8 Å². The van der Waals surface area contributed by atoms with Gasteiger partial charge in [-0.3, -0.25) is 4.79 Å². The second kappa shape index (κ2) is 12.7. The number of hydrogen-bond acceptors (Lipinski definition) is 5. The maximum absolute atomic E-state index is 13.4. The van der Waals surface area contributed by atoms with Crippen LogP contribution < -0.4 is 4.90 Å². The molecule has 51 heavy (non-hydrogen) atoms. The van der Waals surface area contributed by atoms with Crippen molar-refractivity contribution in [1.82, 2.24) is 4.98 Å². The van der Waals surface area contributed by atoms with Crippen LogP contribution in [0.1, 0.15) is 141 Å². The van der Waals surface area contributed by atoms with E-state index in [-0.39, 0.29) is 27.2 Å². The van der Waals surface area contributed by atoms with Crippen LogP contribution in [-0.2, 0) is 11.2 Å². The van der Waals surface area contributed by atoms with Crippen LogP contribution in [0.15, 0.2) is 47.9 Å². The average Bonchev–Trinajstić information content (AvgIpc) is 3.73. The minimum absolute atomic E-state index is 0.00753. The minimum Gasteiger partial charge on any atom is -0.478 e. The predicted molar refractivity (Wildman–Crippen MR) is 210 cm³/mol. The van der Waals surface area contributed by atoms with Gasteiger partial charge in [0.1, 0.15) is 0 Å². The number of nitrogens with zero attached hydrogens (tertiary/aromatic N) is 2. The summed E-state index contributed by atoms with van der Waals surface area (Å²) in [6.45, 7) is 24.5. The van der Waals surface area contributed by atoms with Crippen LogP contribution in [0.2, 0.25) is 0 Å². The van der Waals surface area contributed by atoms with Gasteiger partial charge in [-0.15, -0.1) is 11.3 Å². The van der Waals surface area contributed by atoms with E-state index in [9.17, 15) is 14.7 Å². The van der Waals surface area contributed by atoms with Gasteiger partial charge in [-0.05, 0) is 146 Å². The number of ketones is 1. The van der Waals surface area contributed by atoms with Crippen molar-refractivity contribution in [2.45, 2.75) is 132 Å². The molecule has 1 heterocycles. The van der Waals surface area contributed by atoms with Gasteiger partial charge in [0.25, 0.3) is 0 Å². The number of fused-ring (bicyclic) bond motifs is 7. The van der Waals surface area contributed by atoms with Gasteiger partial charge in [0.05, 0.1) is 17.8 Å². The number of hydrogen-bond donors (Lipinski definition) is 1. The van der Waals surface area contributed by atoms with E-state index in [1.807, 2.05) is 19.1 Å². The van der Waals surface area contributed by atoms with Crippen molar-refractivity contribution < 1.29 is 14.7 Å². The fourth-order valence-electron chi connectivity index (χ4n) is 13.7. The molecule has 0 amide bonds. The molecule has 7 rings (SSSR count). The molecule has 0 spiro atoms. The van der Waals surface area contributed by atoms with Crippen LogP contribution in [0.5, 0.6) is 0 Å². The zero-order valence-electron chi connectivity index (χ0n) is 32.6. The Balaban J connectivity index is 1.26. The molecular weight excluding hydrogens is 649 g/mol. The lowest BCUT2D eigenvalue weighted by atomic mass is 9.33. The monoisotopic (exact) mass is 710 g/mol. The molecule has 9 atom stereocenters. The molecule has 1 aromatic heterocycles. The Labute approximate surface area is 311 Å². The van der Waals surface area contributed by atoms with Crippen molar-refractivity contribution in [2.24, 2.45) is 51.2 Å². The van der Waals surface area contributed by atoms with Crippen molar-refractivity contribution in [3.63, 3.8) is 0 Å². The van der Waals surface area contributed by atoms with Crippen molar-refractivity contribution in [1.29, 1.82) is 0 Å². The van der Waals surface area contributed by atoms with E-state index in [2.05, 4.69) is 71.4 Å². The van der Waals surface area contributed by atoms with Crippen LogP contribution in [0.25, 0.3) is 5.57 Å². The molecule has 5 aliphatic rings. The Morgan fingerprint density at radius 1 is 0.941 bits per heavy atom. The summed E-state index contributed by atoms with van der Waals surface area (Å²) in [6.07, 6.45) is 14.7. The first-order valence-corrected chi connectivity index (χ1v) is 20.9. The first-order chi connectivity index (χ1) is 24.1. The third-order valence-corrected chi connectivity index (χ3v) is 17.4. The second-order valence-corrected chi connectivity index (χ2v) is 19.5. The third-order valence-electron chi connectivity index (χ3n) is 16.4. The highest BCUT2D eigenvalue weighted by Crippen LogP contribution is 2.77. The van der Waals surface area contributed by atoms with E-state index in [1.54, 1.807) is 23.5 Å². The van der Waals surface area contributed by atoms with Crippen molar-refractivity contribution >= 4 is 33.8 Å². The molecule has 5 nitrogen and oxygen atoms in total. The SMILES string of the molecule is C=C(C)[C@@H]1CC[C@]2(N(CC(=O)CC)c3nc(CC)cs3)CC[C@]3(C)[C@H](CCC4[C@@]5(C)CC=C(c6ccc(C(=O)O)cc6)C(C)(C)C5CC[C@]43C)C12. The molecule has 0 saturated heterocycles. The van der Waals surface area contributed by atoms with Gasteiger partial charge < -0.3 is 10.0 Å². The zero-order chi connectivity index (χ0) is 36.7. The van der Waals surface area contributed by atoms with Crippen LogP contribution in [0.4, 0.5) is 5.13 Å². The van der Waals surface area contributed by atoms with Gasteiger partial charge in [0.2, 0.25) is 0 Å². The van der Waals surface area contributed by atoms with Crippen molar-refractivity contribution in [3.8, 4) is 0 Å². The average molecular weight is 711 g/mol. The Morgan fingerprint density at radius 3 is 2.29 bits per heavy atom. The van der Waals surface area contributed by atoms with E-state index in [0.29, 0.717) is 53.9 Å². The van der Waals surface area contributed by atoms with E-state index in [0.717, 1.165) is 42.9 Å². The van der Waals surface area contributed by atoms with Crippen molar-refractivity contribution in [3.05, 3.63) is 64.7 Å². The number of carbonyl (C=O) groups is 2. The van der Waals surface area contributed by atoms with E-state index < -0.39 is 5.97 Å². The number of carboxylic acid groups (broad SMARTS) is 1. The summed E-state index contributed by atoms with van der Waals surface area (Å²) >= 11 is 1.75. The molecule has 1 N–H and O–H groups in total. The Morgan fingerprint density at radius 2 is 1.67 bits per heavy atom. The smallest absolute Gasteiger partial charge is 0.335 e. The maximum atomic E-state index is 13.4. The van der Waals surface area contributed by atoms with Gasteiger partial charge in [-0.2, -0.15) is 0 Å². The summed E-state index contributed by atoms with van der Waals surface area (Å²) in [7, 11) is 0. The zero-order valence-corrected chi connectivity index (χ0v) is 33.4. The first kappa shape index (κ1) is 36.6. The maximum Gasteiger partial charge on any atom is 0.335 e. The number of rotatable bonds is 9. The van der Waals surface area contributed by atoms with E-state index >= 15 is 0 Å². The summed E-state index contributed by atoms with van der Waals surface area (Å²) < 4.78 is 0. The quantitative estimate of drug-likeness (QED) is 0.262. The molecule has 3 unspecified atom stereocenters. The fourth-order valence-corrected chi connectivity index (χ4v) is 14.8. The summed E-state index contributed by atoms with van der Waals surface area (Å²) in [5, 5.41) is 12.8. The number of carboxylic acids is 1. The number of anilines is 1. The van der Waals surface area contributed by atoms with Crippen LogP contribution in [0.3, 0.4) is 0 Å². The first-order valence-electron chi connectivity index (χ1n) is 20.0. The van der Waals surface area contributed by atoms with Gasteiger partial charge in [-0.25, -0.2) is 9.78 Å². The highest BCUT2D eigenvalue weighted by atomic mass is 32.1. The van der Waals surface area contributed by atoms with Gasteiger partial charge in [-0.1, -0.05) is 78.8 Å². The predicted octanol–water partition coefficient (Wildman–Crippen LogP) is 11.3. The number of aromatic carboxylic acids is 1. The number of allylic oxidation sites excluding steroid dienone is 3. The summed E-state index contributed by atoms with van der Waals surface area (Å²) in [4.78, 5) is 32.7. The van der Waals surface area contributed by atoms with E-state index in [4.69, 9.17) is 4.98 Å². The van der Waals surface area contributed by atoms with Crippen LogP contribution in [-0.4, -0.2) is 33.9 Å². The van der Waals surface area contributed by atoms with Crippen molar-refractivity contribution in [2.75, 3.05) is 11.4 Å². The molecule has 6 heteroatoms. The normalized spacial score (nSPS) is 38.0. The molecular formula is C45H62N2O3S. The lowest BCUT2D eigenvalue weighted by Gasteiger charge is -2.73. The molecule has 0 radical (unpaired) electrons. The highest BCUT2D eigenvalue weighted by molar-refractivity contribution is 7.13. The molecule has 4 saturated carbocycles. The highest BCUT2D eigenvalue weighted by Gasteiger charge is 2.71. The van der Waals surface area contributed by atoms with Gasteiger partial charge in [0, 0.05) is 17.3 Å². The number of benzene rings is 1. The molecule has 1 aromatic carbocycles. The lowest BCUT2D eigenvalue weighted by molar-refractivity contribution is -0.217. The second-order valence-electron chi connectivity index (χ2n) is 18.7. The number of thiazole rings is 1. The number of carbonyl (C=O) groups excluding carboxylic acids is 1. The molecule has 5 aliphatic carbocycles. The Hall–Kier alpha value is -2.73. The summed E-state index contributed by atoms with van der Waals surface area (Å²) in [5.74, 6) is 2.17. The Kier molecular flexibility index (Phi) is 9.12. The molecule has 0 aliphatic heterocycles. The molecule has 276 valence electrons. The standard InChI is InChI=1S/C45H62N2O3S/c1-10-31-27-51-40(46-31)47(26-32(48)11-2)45-23-18-33(28(3)4)38(45)35-16-17-37-42(7)21-19-34(29-12-14-30(15-13-29)39(49)50)41(5,6)36(42)20-22-44(37,9)43(35,8)24-25-45/h12-15,19,27,33,35-38H,3,10-11,16-18,20-26H2,1-2,4-9H3,(H,49,50)/t33-,35+,36?,37?,38?,42-,43+,44+,45-/m0/s1. The lowest BCUT2D eigenvalue weighted by Crippen LogP contribution is -2.68. The number of aromatic nitrogens is 1. The molecule has 4 fully saturated rings. The largest absolute Gasteiger partial charge is 0.478 e. The molecule has 0 bridgehead atoms. The number of aryl methyl sites for hydroxylation is 1. The molecule has 2 aromatic rings. The van der Waals surface area contributed by atoms with Crippen LogP contribution in [0, 0.1) is 51.2 Å². The third kappa shape index (κ3) is 5.29. The van der Waals surface area contributed by atoms with Gasteiger partial charge in [0.15, 0.2) is 10.9 Å². The number of Topliss-reactive ketones (excluding diaryl/α,β-unsaturated/α-hetero) is 1. The minimum atomic E-state index is -0.871. The Bertz CT molecular complexity index is 1740. The summed E-state index contributed by atoms with van der Waals surface area (Å²) in [5.41, 5.74) is 5.92.